The molecule has 9 nitrogen and oxygen atoms in total. The molecule has 148 heavy (non-hydrogen) atoms. The molecule has 4 radical (unpaired) electrons. The van der Waals surface area contributed by atoms with Crippen molar-refractivity contribution in [3.05, 3.63) is 609 Å². The molecule has 740 valence electrons. The Labute approximate surface area is 928 Å². The van der Waals surface area contributed by atoms with E-state index in [0.717, 1.165) is 146 Å². The Morgan fingerprint density at radius 1 is 0.223 bits per heavy atom. The first-order chi connectivity index (χ1) is 71.1. The summed E-state index contributed by atoms with van der Waals surface area (Å²) in [5.41, 5.74) is 35.0. The minimum absolute atomic E-state index is 0. The topological polar surface area (TPSA) is 116 Å². The second kappa shape index (κ2) is 63.3. The molecule has 0 aliphatic heterocycles. The maximum absolute atomic E-state index is 4.73. The smallest absolute Gasteiger partial charge is 0.0299 e. The first kappa shape index (κ1) is 113. The molecule has 0 aliphatic carbocycles. The van der Waals surface area contributed by atoms with E-state index in [1.165, 1.54) is 72.3 Å². The summed E-state index contributed by atoms with van der Waals surface area (Å²) in [6, 6.07) is 179. The van der Waals surface area contributed by atoms with E-state index in [1.54, 1.807) is 30.9 Å². The second-order valence-corrected chi connectivity index (χ2v) is 34.1. The van der Waals surface area contributed by atoms with E-state index in [4.69, 9.17) is 9.97 Å². The summed E-state index contributed by atoms with van der Waals surface area (Å²) >= 11 is 0. The van der Waals surface area contributed by atoms with Crippen molar-refractivity contribution in [2.75, 3.05) is 0 Å². The number of pyridine rings is 9. The molecule has 0 aliphatic rings. The predicted octanol–water partition coefficient (Wildman–Crippen LogP) is 31.5. The molecule has 22 aromatic rings. The van der Waals surface area contributed by atoms with E-state index in [0.29, 0.717) is 5.92 Å². The van der Waals surface area contributed by atoms with Gasteiger partial charge in [-0.3, -0.25) is 0 Å². The average molecular weight is 2630 g/mol. The SMILES string of the molecule is CC(C)Cc1cccc(-c2[c-]cccc2)n1.Cc1cc(-c2[c-]cccc2)ncc1-c1ccccc1.Cc1ccccc1-c1ccc(-c2[c-]cccc2)nc1.[Ir].[Ir].[Ir].[Ir].[c-]1ccc(-c2ccccc2)cc1-c1ccccn1.[c-]1ccc(CCc2ccc(CCc3ccc(-c4[c-]cccc4)nc3)c(CCc3ccc(-c4[c-]cccc4)nc3)c2)cc1.[c-]1ccccc1-c1ccccn1.[c-]1ccccc1-c1ccccn1.[c-]1ccccn1. The molecule has 0 spiro atoms. The average Bonchev–Trinajstić information content (AvgIpc) is 0.827. The Balaban J connectivity index is 0.000000169. The molecule has 0 unspecified atom stereocenters. The molecule has 0 saturated carbocycles. The number of benzene rings is 13. The number of rotatable bonds is 22. The van der Waals surface area contributed by atoms with Gasteiger partial charge in [0.25, 0.3) is 0 Å². The van der Waals surface area contributed by atoms with Crippen LogP contribution in [0, 0.1) is 80.6 Å². The summed E-state index contributed by atoms with van der Waals surface area (Å²) in [6.07, 6.45) is 24.6. The van der Waals surface area contributed by atoms with Crippen LogP contribution in [0.25, 0.3) is 123 Å². The van der Waals surface area contributed by atoms with Gasteiger partial charge in [0.15, 0.2) is 0 Å². The summed E-state index contributed by atoms with van der Waals surface area (Å²) in [6.45, 7) is 8.66. The van der Waals surface area contributed by atoms with E-state index in [1.807, 2.05) is 316 Å². The van der Waals surface area contributed by atoms with Crippen LogP contribution >= 0.6 is 0 Å². The number of hydrogen-bond donors (Lipinski definition) is 0. The zero-order valence-corrected chi connectivity index (χ0v) is 92.3. The largest absolute Gasteiger partial charge is 0.394 e. The second-order valence-electron chi connectivity index (χ2n) is 34.1. The van der Waals surface area contributed by atoms with Crippen LogP contribution in [0.5, 0.6) is 0 Å². The van der Waals surface area contributed by atoms with Crippen LogP contribution in [0.4, 0.5) is 0 Å². The van der Waals surface area contributed by atoms with Crippen molar-refractivity contribution in [1.29, 1.82) is 0 Å². The van der Waals surface area contributed by atoms with Gasteiger partial charge in [-0.25, -0.2) is 0 Å². The molecule has 0 fully saturated rings. The third-order valence-corrected chi connectivity index (χ3v) is 23.2. The van der Waals surface area contributed by atoms with Crippen molar-refractivity contribution in [3.63, 3.8) is 0 Å². The number of aryl methyl sites for hydroxylation is 8. The van der Waals surface area contributed by atoms with E-state index in [9.17, 15) is 0 Å². The van der Waals surface area contributed by atoms with Gasteiger partial charge in [-0.15, -0.1) is 287 Å². The third-order valence-electron chi connectivity index (χ3n) is 23.2. The molecule has 0 amide bonds. The Bertz CT molecular complexity index is 7180. The quantitative estimate of drug-likeness (QED) is 0.0612. The molecule has 0 bridgehead atoms. The fourth-order valence-corrected chi connectivity index (χ4v) is 15.7. The molecule has 0 atom stereocenters. The van der Waals surface area contributed by atoms with Gasteiger partial charge in [0.05, 0.1) is 0 Å². The van der Waals surface area contributed by atoms with Gasteiger partial charge < -0.3 is 44.9 Å². The van der Waals surface area contributed by atoms with Crippen molar-refractivity contribution < 1.29 is 80.4 Å². The van der Waals surface area contributed by atoms with Crippen LogP contribution in [-0.4, -0.2) is 44.9 Å². The minimum Gasteiger partial charge on any atom is -0.394 e. The van der Waals surface area contributed by atoms with E-state index in [-0.39, 0.29) is 80.4 Å². The molecule has 13 aromatic carbocycles. The van der Waals surface area contributed by atoms with Gasteiger partial charge >= 0.3 is 0 Å². The summed E-state index contributed by atoms with van der Waals surface area (Å²) < 4.78 is 0. The van der Waals surface area contributed by atoms with Crippen LogP contribution in [0.1, 0.15) is 64.0 Å². The van der Waals surface area contributed by atoms with E-state index in [2.05, 4.69) is 275 Å². The zero-order valence-electron chi connectivity index (χ0n) is 82.7. The summed E-state index contributed by atoms with van der Waals surface area (Å²) in [5, 5.41) is 0. The molecule has 13 heteroatoms. The Hall–Kier alpha value is -15.2. The minimum atomic E-state index is 0. The van der Waals surface area contributed by atoms with E-state index >= 15 is 0 Å². The van der Waals surface area contributed by atoms with Crippen LogP contribution in [-0.2, 0) is 125 Å². The number of hydrogen-bond acceptors (Lipinski definition) is 9. The van der Waals surface area contributed by atoms with Crippen molar-refractivity contribution in [2.45, 2.75) is 72.6 Å². The van der Waals surface area contributed by atoms with Gasteiger partial charge in [0, 0.05) is 135 Å². The maximum Gasteiger partial charge on any atom is 0.0299 e. The normalized spacial score (nSPS) is 10.1. The molecular weight excluding hydrogens is 2520 g/mol. The van der Waals surface area contributed by atoms with Crippen molar-refractivity contribution in [3.8, 4) is 123 Å². The molecule has 0 N–H and O–H groups in total. The van der Waals surface area contributed by atoms with Crippen LogP contribution in [0.2, 0.25) is 0 Å². The van der Waals surface area contributed by atoms with Crippen LogP contribution in [0.15, 0.2) is 498 Å². The van der Waals surface area contributed by atoms with E-state index < -0.39 is 0 Å². The summed E-state index contributed by atoms with van der Waals surface area (Å²) in [7, 11) is 0. The molecule has 9 aromatic heterocycles. The van der Waals surface area contributed by atoms with Gasteiger partial charge in [-0.05, 0) is 196 Å². The first-order valence-electron chi connectivity index (χ1n) is 48.4. The Morgan fingerprint density at radius 2 is 0.622 bits per heavy atom. The van der Waals surface area contributed by atoms with Gasteiger partial charge in [-0.1, -0.05) is 220 Å². The zero-order chi connectivity index (χ0) is 98.8. The standard InChI is InChI=1S/C40H33N2.2C18H14N.C17H12N.C15H16N.2C11H8N.C5H4N.4Ir/c1-4-10-31(11-5-1)16-17-32-18-23-35(24-19-33-21-26-39(41-29-33)36-12-6-2-7-13-36)38(28-32)25-20-34-22-27-40(42-30-34)37-14-8-3-9-15-37;1-14-12-18(16-10-6-3-7-11-16)19-13-17(14)15-8-4-2-5-9-15;1-14-7-5-6-10-17(14)16-11-12-18(19-13-16)15-8-3-2-4-9-15;1-2-7-14(8-3-1)15-9-6-10-16(13-15)17-11-4-5-12-18-17;1-12(2)11-14-9-6-10-15(16-14)13-7-4-3-5-8-13;2*1-2-6-10(7-3-1)11-8-4-5-9-12-11;1-2-4-6-5-3-1;;;;/h2-12,14,18,21-23,26-30H,16-17,19-20,24-25H2;2-10,12-13H,1H3;2-8,10-13H,1H3;1-9,11-13H;3-7,9-10,12H,11H2,1-2H3;2*1-6,8-9H;1-4H;;;;/q-3;7*-1;;;;. The monoisotopic (exact) mass is 2630 g/mol. The van der Waals surface area contributed by atoms with Gasteiger partial charge in [-0.2, -0.15) is 54.1 Å². The predicted molar refractivity (Wildman–Crippen MR) is 589 cm³/mol. The van der Waals surface area contributed by atoms with Crippen molar-refractivity contribution >= 4 is 0 Å². The van der Waals surface area contributed by atoms with Crippen molar-refractivity contribution in [2.24, 2.45) is 5.92 Å². The van der Waals surface area contributed by atoms with Gasteiger partial charge in [0.1, 0.15) is 0 Å². The fourth-order valence-electron chi connectivity index (χ4n) is 15.7. The van der Waals surface area contributed by atoms with Crippen molar-refractivity contribution in [1.82, 2.24) is 44.9 Å². The molecule has 9 heterocycles. The van der Waals surface area contributed by atoms with Crippen LogP contribution < -0.4 is 0 Å². The third kappa shape index (κ3) is 36.8. The number of nitrogens with zero attached hydrogens (tertiary/aromatic N) is 9. The fraction of sp³-hybridized carbons (Fsp3) is 0.0889. The maximum atomic E-state index is 4.73. The summed E-state index contributed by atoms with van der Waals surface area (Å²) in [4.78, 5) is 39.6. The summed E-state index contributed by atoms with van der Waals surface area (Å²) in [5.74, 6) is 0.641. The van der Waals surface area contributed by atoms with Gasteiger partial charge in [0.2, 0.25) is 0 Å². The molecule has 0 saturated heterocycles. The Morgan fingerprint density at radius 3 is 1.05 bits per heavy atom. The first-order valence-corrected chi connectivity index (χ1v) is 48.4. The Kier molecular flexibility index (Phi) is 48.4. The number of aromatic nitrogens is 9. The molecule has 22 rings (SSSR count). The van der Waals surface area contributed by atoms with Crippen LogP contribution in [0.3, 0.4) is 0 Å². The molecular formula is C135H109Ir4N9-10.